The molecule has 7 nitrogen and oxygen atoms in total. The Kier molecular flexibility index (Phi) is 5.52. The molecule has 0 saturated heterocycles. The van der Waals surface area contributed by atoms with E-state index >= 15 is 0 Å². The average molecular weight is 405 g/mol. The fourth-order valence-electron chi connectivity index (χ4n) is 3.89. The average Bonchev–Trinajstić information content (AvgIpc) is 3.15. The molecule has 30 heavy (non-hydrogen) atoms. The van der Waals surface area contributed by atoms with Gasteiger partial charge in [0.05, 0.1) is 32.1 Å². The van der Waals surface area contributed by atoms with Crippen LogP contribution >= 0.6 is 0 Å². The van der Waals surface area contributed by atoms with Crippen molar-refractivity contribution in [3.63, 3.8) is 0 Å². The van der Waals surface area contributed by atoms with Crippen molar-refractivity contribution in [1.29, 1.82) is 0 Å². The number of benzene rings is 2. The van der Waals surface area contributed by atoms with Gasteiger partial charge in [0.2, 0.25) is 5.91 Å². The zero-order valence-corrected chi connectivity index (χ0v) is 16.7. The summed E-state index contributed by atoms with van der Waals surface area (Å²) in [4.78, 5) is 30.9. The molecule has 0 fully saturated rings. The molecular weight excluding hydrogens is 382 g/mol. The number of fused-ring (bicyclic) bond motifs is 1. The number of aromatic nitrogens is 2. The van der Waals surface area contributed by atoms with Crippen LogP contribution in [0.2, 0.25) is 0 Å². The summed E-state index contributed by atoms with van der Waals surface area (Å²) in [6.45, 7) is 0.798. The second kappa shape index (κ2) is 8.41. The third kappa shape index (κ3) is 3.91. The van der Waals surface area contributed by atoms with E-state index in [1.165, 1.54) is 4.90 Å². The minimum Gasteiger partial charge on any atom is -0.496 e. The summed E-state index contributed by atoms with van der Waals surface area (Å²) in [5, 5.41) is 9.82. The van der Waals surface area contributed by atoms with Gasteiger partial charge in [0.15, 0.2) is 0 Å². The highest BCUT2D eigenvalue weighted by molar-refractivity contribution is 5.86. The van der Waals surface area contributed by atoms with Gasteiger partial charge in [-0.1, -0.05) is 48.5 Å². The van der Waals surface area contributed by atoms with Crippen molar-refractivity contribution >= 4 is 11.9 Å². The monoisotopic (exact) mass is 405 g/mol. The molecule has 1 aliphatic heterocycles. The number of nitrogens with zero attached hydrogens (tertiary/aromatic N) is 3. The lowest BCUT2D eigenvalue weighted by atomic mass is 10.0. The van der Waals surface area contributed by atoms with E-state index in [1.807, 2.05) is 53.1 Å². The lowest BCUT2D eigenvalue weighted by Crippen LogP contribution is -2.49. The molecule has 1 atom stereocenters. The van der Waals surface area contributed by atoms with E-state index in [1.54, 1.807) is 19.5 Å². The zero-order valence-electron chi connectivity index (χ0n) is 16.7. The van der Waals surface area contributed by atoms with Crippen molar-refractivity contribution in [2.24, 2.45) is 0 Å². The predicted octanol–water partition coefficient (Wildman–Crippen LogP) is 2.52. The second-order valence-corrected chi connectivity index (χ2v) is 7.32. The van der Waals surface area contributed by atoms with Crippen LogP contribution in [-0.2, 0) is 35.5 Å². The van der Waals surface area contributed by atoms with Gasteiger partial charge in [-0.05, 0) is 11.6 Å². The topological polar surface area (TPSA) is 84.7 Å². The van der Waals surface area contributed by atoms with Crippen LogP contribution in [0.3, 0.4) is 0 Å². The number of para-hydroxylation sites is 1. The third-order valence-corrected chi connectivity index (χ3v) is 5.45. The lowest BCUT2D eigenvalue weighted by molar-refractivity contribution is -0.151. The first-order valence-electron chi connectivity index (χ1n) is 9.77. The highest BCUT2D eigenvalue weighted by atomic mass is 16.5. The third-order valence-electron chi connectivity index (χ3n) is 5.45. The Morgan fingerprint density at radius 2 is 1.87 bits per heavy atom. The molecular formula is C23H23N3O4. The Labute approximate surface area is 174 Å². The highest BCUT2D eigenvalue weighted by Gasteiger charge is 2.37. The van der Waals surface area contributed by atoms with Crippen molar-refractivity contribution < 1.29 is 19.4 Å². The van der Waals surface area contributed by atoms with E-state index in [-0.39, 0.29) is 25.3 Å². The maximum absolute atomic E-state index is 13.0. The van der Waals surface area contributed by atoms with Crippen molar-refractivity contribution in [3.05, 3.63) is 83.4 Å². The molecule has 7 heteroatoms. The van der Waals surface area contributed by atoms with Crippen LogP contribution in [0.4, 0.5) is 0 Å². The number of amides is 1. The Balaban J connectivity index is 1.57. The van der Waals surface area contributed by atoms with Crippen LogP contribution in [0.15, 0.2) is 60.9 Å². The molecule has 0 saturated carbocycles. The molecule has 2 aromatic carbocycles. The van der Waals surface area contributed by atoms with Crippen LogP contribution in [-0.4, -0.2) is 44.6 Å². The summed E-state index contributed by atoms with van der Waals surface area (Å²) in [5.41, 5.74) is 3.46. The smallest absolute Gasteiger partial charge is 0.326 e. The van der Waals surface area contributed by atoms with Gasteiger partial charge in [-0.3, -0.25) is 4.79 Å². The summed E-state index contributed by atoms with van der Waals surface area (Å²) < 4.78 is 7.30. The number of imidazole rings is 1. The predicted molar refractivity (Wildman–Crippen MR) is 110 cm³/mol. The molecule has 0 spiro atoms. The number of ether oxygens (including phenoxy) is 1. The normalized spacial score (nSPS) is 15.5. The van der Waals surface area contributed by atoms with E-state index in [0.717, 1.165) is 22.5 Å². The van der Waals surface area contributed by atoms with Gasteiger partial charge >= 0.3 is 5.97 Å². The Hall–Kier alpha value is -3.61. The molecule has 3 aromatic rings. The number of methoxy groups -OCH3 is 1. The van der Waals surface area contributed by atoms with E-state index in [2.05, 4.69) is 4.98 Å². The van der Waals surface area contributed by atoms with E-state index < -0.39 is 12.0 Å². The maximum atomic E-state index is 13.0. The first-order valence-corrected chi connectivity index (χ1v) is 9.77. The number of aliphatic carboxylic acids is 1. The summed E-state index contributed by atoms with van der Waals surface area (Å²) in [5.74, 6) is -0.654. The Bertz CT molecular complexity index is 1060. The molecule has 1 amide bonds. The molecule has 1 N–H and O–H groups in total. The van der Waals surface area contributed by atoms with Crippen molar-refractivity contribution in [3.8, 4) is 5.75 Å². The molecule has 0 aliphatic carbocycles. The number of rotatable bonds is 6. The molecule has 154 valence electrons. The van der Waals surface area contributed by atoms with E-state index in [9.17, 15) is 14.7 Å². The number of carbonyl (C=O) groups excluding carboxylic acids is 1. The number of carboxylic acid groups (broad SMARTS) is 1. The second-order valence-electron chi connectivity index (χ2n) is 7.32. The zero-order chi connectivity index (χ0) is 21.1. The van der Waals surface area contributed by atoms with Gasteiger partial charge < -0.3 is 19.3 Å². The first kappa shape index (κ1) is 19.7. The molecule has 4 rings (SSSR count). The number of hydrogen-bond donors (Lipinski definition) is 1. The van der Waals surface area contributed by atoms with Crippen LogP contribution < -0.4 is 4.74 Å². The van der Waals surface area contributed by atoms with Gasteiger partial charge in [-0.2, -0.15) is 0 Å². The van der Waals surface area contributed by atoms with Crippen LogP contribution in [0.1, 0.15) is 22.5 Å². The molecule has 1 aliphatic rings. The Morgan fingerprint density at radius 1 is 1.13 bits per heavy atom. The summed E-state index contributed by atoms with van der Waals surface area (Å²) in [6.07, 6.45) is 2.04. The quantitative estimate of drug-likeness (QED) is 0.681. The van der Waals surface area contributed by atoms with Gasteiger partial charge in [0.25, 0.3) is 0 Å². The van der Waals surface area contributed by atoms with Gasteiger partial charge in [-0.15, -0.1) is 0 Å². The maximum Gasteiger partial charge on any atom is 0.326 e. The molecule has 2 heterocycles. The van der Waals surface area contributed by atoms with Crippen LogP contribution in [0.25, 0.3) is 0 Å². The highest BCUT2D eigenvalue weighted by Crippen LogP contribution is 2.26. The number of hydrogen-bond acceptors (Lipinski definition) is 4. The molecule has 1 aromatic heterocycles. The first-order chi connectivity index (χ1) is 14.6. The fraction of sp³-hybridized carbons (Fsp3) is 0.261. The lowest BCUT2D eigenvalue weighted by Gasteiger charge is -2.33. The SMILES string of the molecule is COc1ccccc1CC(=O)N1Cc2ncn(Cc3ccccc3)c2CC1C(=O)O. The standard InChI is InChI=1S/C23H23N3O4/c1-30-21-10-6-5-9-17(21)11-22(27)26-14-18-19(12-20(26)23(28)29)25(15-24-18)13-16-7-3-2-4-8-16/h2-10,15,20H,11-14H2,1H3,(H,28,29). The fourth-order valence-corrected chi connectivity index (χ4v) is 3.89. The van der Waals surface area contributed by atoms with Crippen molar-refractivity contribution in [1.82, 2.24) is 14.5 Å². The van der Waals surface area contributed by atoms with Gasteiger partial charge in [-0.25, -0.2) is 9.78 Å². The summed E-state index contributed by atoms with van der Waals surface area (Å²) in [7, 11) is 1.55. The summed E-state index contributed by atoms with van der Waals surface area (Å²) >= 11 is 0. The minimum atomic E-state index is -1.01. The number of carboxylic acids is 1. The number of carbonyl (C=O) groups is 2. The molecule has 0 radical (unpaired) electrons. The van der Waals surface area contributed by atoms with Crippen LogP contribution in [0.5, 0.6) is 5.75 Å². The van der Waals surface area contributed by atoms with Crippen molar-refractivity contribution in [2.75, 3.05) is 7.11 Å². The largest absolute Gasteiger partial charge is 0.496 e. The van der Waals surface area contributed by atoms with E-state index in [0.29, 0.717) is 12.3 Å². The van der Waals surface area contributed by atoms with Crippen molar-refractivity contribution in [2.45, 2.75) is 32.0 Å². The van der Waals surface area contributed by atoms with Gasteiger partial charge in [0, 0.05) is 24.2 Å². The van der Waals surface area contributed by atoms with Crippen LogP contribution in [0, 0.1) is 0 Å². The van der Waals surface area contributed by atoms with E-state index in [4.69, 9.17) is 4.74 Å². The minimum absolute atomic E-state index is 0.0772. The van der Waals surface area contributed by atoms with Gasteiger partial charge in [0.1, 0.15) is 11.8 Å². The molecule has 0 bridgehead atoms. The molecule has 1 unspecified atom stereocenters. The Morgan fingerprint density at radius 3 is 2.60 bits per heavy atom. The summed E-state index contributed by atoms with van der Waals surface area (Å²) in [6, 6.07) is 16.3.